The summed E-state index contributed by atoms with van der Waals surface area (Å²) >= 11 is 0. The summed E-state index contributed by atoms with van der Waals surface area (Å²) in [7, 11) is 0. The lowest BCUT2D eigenvalue weighted by atomic mass is 10.2. The summed E-state index contributed by atoms with van der Waals surface area (Å²) in [5, 5.41) is 9.70. The summed E-state index contributed by atoms with van der Waals surface area (Å²) in [5.74, 6) is 0.370. The summed E-state index contributed by atoms with van der Waals surface area (Å²) in [6.45, 7) is 4.78. The van der Waals surface area contributed by atoms with Gasteiger partial charge in [0.2, 0.25) is 0 Å². The van der Waals surface area contributed by atoms with Crippen molar-refractivity contribution in [2.24, 2.45) is 5.92 Å². The highest BCUT2D eigenvalue weighted by Crippen LogP contribution is 2.24. The number of benzene rings is 1. The van der Waals surface area contributed by atoms with Crippen LogP contribution in [0.3, 0.4) is 0 Å². The zero-order chi connectivity index (χ0) is 19.0. The predicted octanol–water partition coefficient (Wildman–Crippen LogP) is 2.83. The van der Waals surface area contributed by atoms with Gasteiger partial charge in [-0.2, -0.15) is 5.10 Å². The topological polar surface area (TPSA) is 81.4 Å². The molecule has 0 radical (unpaired) electrons. The van der Waals surface area contributed by atoms with E-state index in [4.69, 9.17) is 0 Å². The second kappa shape index (κ2) is 6.79. The second-order valence-corrected chi connectivity index (χ2v) is 6.83. The molecule has 8 heteroatoms. The Hall–Kier alpha value is -3.29. The van der Waals surface area contributed by atoms with Gasteiger partial charge in [-0.1, -0.05) is 32.0 Å². The number of nitrogens with zero attached hydrogens (tertiary/aromatic N) is 5. The van der Waals surface area contributed by atoms with Crippen molar-refractivity contribution in [1.29, 1.82) is 0 Å². The largest absolute Gasteiger partial charge is 0.343 e. The van der Waals surface area contributed by atoms with Gasteiger partial charge in [-0.05, 0) is 24.1 Å². The van der Waals surface area contributed by atoms with Gasteiger partial charge in [0.25, 0.3) is 0 Å². The van der Waals surface area contributed by atoms with Crippen LogP contribution in [0.5, 0.6) is 0 Å². The molecule has 1 aromatic carbocycles. The molecule has 0 atom stereocenters. The summed E-state index contributed by atoms with van der Waals surface area (Å²) in [6, 6.07) is 10.2. The van der Waals surface area contributed by atoms with E-state index in [9.17, 15) is 9.18 Å². The van der Waals surface area contributed by atoms with E-state index in [2.05, 4.69) is 20.2 Å². The quantitative estimate of drug-likeness (QED) is 0.589. The standard InChI is InChI=1S/C19H19FN6O/c1-12(2)10-26-19(27)22-17(24-26)16-14-7-5-9-21-18(14)25(23-16)11-13-6-3-4-8-15(13)20/h3-9,12H,10-11H2,1-2H3,(H,22,24,27). The molecule has 4 rings (SSSR count). The van der Waals surface area contributed by atoms with Crippen LogP contribution in [0.1, 0.15) is 19.4 Å². The van der Waals surface area contributed by atoms with Crippen molar-refractivity contribution in [1.82, 2.24) is 29.5 Å². The van der Waals surface area contributed by atoms with E-state index in [1.54, 1.807) is 35.1 Å². The van der Waals surface area contributed by atoms with Gasteiger partial charge in [-0.25, -0.2) is 23.5 Å². The van der Waals surface area contributed by atoms with Crippen LogP contribution in [-0.4, -0.2) is 29.5 Å². The minimum Gasteiger partial charge on any atom is -0.287 e. The van der Waals surface area contributed by atoms with E-state index < -0.39 is 0 Å². The molecule has 0 amide bonds. The molecule has 3 heterocycles. The molecule has 0 saturated heterocycles. The number of hydrogen-bond donors (Lipinski definition) is 1. The van der Waals surface area contributed by atoms with Crippen LogP contribution in [0, 0.1) is 11.7 Å². The van der Waals surface area contributed by atoms with Crippen LogP contribution in [0.4, 0.5) is 4.39 Å². The molecular weight excluding hydrogens is 347 g/mol. The molecule has 0 saturated carbocycles. The summed E-state index contributed by atoms with van der Waals surface area (Å²) in [6.07, 6.45) is 1.66. The number of fused-ring (bicyclic) bond motifs is 1. The van der Waals surface area contributed by atoms with Gasteiger partial charge in [-0.3, -0.25) is 4.98 Å². The first-order valence-corrected chi connectivity index (χ1v) is 8.75. The zero-order valence-electron chi connectivity index (χ0n) is 15.1. The van der Waals surface area contributed by atoms with Gasteiger partial charge in [-0.15, -0.1) is 5.10 Å². The molecule has 3 aromatic heterocycles. The van der Waals surface area contributed by atoms with Crippen molar-refractivity contribution in [2.75, 3.05) is 0 Å². The third-order valence-electron chi connectivity index (χ3n) is 4.23. The average molecular weight is 366 g/mol. The first-order chi connectivity index (χ1) is 13.0. The monoisotopic (exact) mass is 366 g/mol. The zero-order valence-corrected chi connectivity index (χ0v) is 15.1. The van der Waals surface area contributed by atoms with Crippen LogP contribution >= 0.6 is 0 Å². The molecule has 27 heavy (non-hydrogen) atoms. The minimum atomic E-state index is -0.298. The highest BCUT2D eigenvalue weighted by Gasteiger charge is 2.18. The summed E-state index contributed by atoms with van der Waals surface area (Å²) in [4.78, 5) is 19.3. The first-order valence-electron chi connectivity index (χ1n) is 8.75. The van der Waals surface area contributed by atoms with Gasteiger partial charge in [0.15, 0.2) is 11.5 Å². The van der Waals surface area contributed by atoms with Crippen molar-refractivity contribution >= 4 is 11.0 Å². The second-order valence-electron chi connectivity index (χ2n) is 6.83. The lowest BCUT2D eigenvalue weighted by Gasteiger charge is -2.04. The van der Waals surface area contributed by atoms with Crippen molar-refractivity contribution < 1.29 is 4.39 Å². The van der Waals surface area contributed by atoms with Gasteiger partial charge >= 0.3 is 5.69 Å². The van der Waals surface area contributed by atoms with Crippen molar-refractivity contribution in [2.45, 2.75) is 26.9 Å². The van der Waals surface area contributed by atoms with Gasteiger partial charge in [0.05, 0.1) is 11.9 Å². The molecule has 1 N–H and O–H groups in total. The molecular formula is C19H19FN6O. The number of aromatic amines is 1. The number of halogens is 1. The molecule has 0 fully saturated rings. The highest BCUT2D eigenvalue weighted by molar-refractivity contribution is 5.89. The molecule has 7 nitrogen and oxygen atoms in total. The fraction of sp³-hybridized carbons (Fsp3) is 0.263. The van der Waals surface area contributed by atoms with E-state index in [0.717, 1.165) is 5.39 Å². The molecule has 0 aliphatic heterocycles. The van der Waals surface area contributed by atoms with Crippen LogP contribution in [0.2, 0.25) is 0 Å². The molecule has 0 bridgehead atoms. The van der Waals surface area contributed by atoms with E-state index in [1.807, 2.05) is 19.9 Å². The lowest BCUT2D eigenvalue weighted by Crippen LogP contribution is -2.20. The number of pyridine rings is 1. The van der Waals surface area contributed by atoms with Crippen LogP contribution < -0.4 is 5.69 Å². The van der Waals surface area contributed by atoms with Crippen LogP contribution in [-0.2, 0) is 13.1 Å². The number of nitrogens with one attached hydrogen (secondary N) is 1. The van der Waals surface area contributed by atoms with E-state index >= 15 is 0 Å². The van der Waals surface area contributed by atoms with E-state index in [0.29, 0.717) is 29.3 Å². The Bertz CT molecular complexity index is 1160. The number of aromatic nitrogens is 6. The SMILES string of the molecule is CC(C)Cn1nc(-c2nn(Cc3ccccc3F)c3ncccc23)[nH]c1=O. The Kier molecular flexibility index (Phi) is 4.31. The average Bonchev–Trinajstić information content (AvgIpc) is 3.18. The highest BCUT2D eigenvalue weighted by atomic mass is 19.1. The molecule has 0 aliphatic rings. The Morgan fingerprint density at radius 1 is 1.11 bits per heavy atom. The number of rotatable bonds is 5. The van der Waals surface area contributed by atoms with Crippen LogP contribution in [0.25, 0.3) is 22.6 Å². The maximum atomic E-state index is 14.1. The Labute approximate surface area is 154 Å². The van der Waals surface area contributed by atoms with E-state index in [1.165, 1.54) is 10.7 Å². The molecule has 0 unspecified atom stereocenters. The fourth-order valence-corrected chi connectivity index (χ4v) is 3.02. The third kappa shape index (κ3) is 3.25. The molecule has 0 aliphatic carbocycles. The smallest absolute Gasteiger partial charge is 0.287 e. The Balaban J connectivity index is 1.81. The Morgan fingerprint density at radius 3 is 2.70 bits per heavy atom. The van der Waals surface area contributed by atoms with Crippen LogP contribution in [0.15, 0.2) is 47.4 Å². The van der Waals surface area contributed by atoms with Crippen molar-refractivity contribution in [3.05, 3.63) is 64.5 Å². The first kappa shape index (κ1) is 17.1. The van der Waals surface area contributed by atoms with Crippen molar-refractivity contribution in [3.8, 4) is 11.5 Å². The molecule has 0 spiro atoms. The van der Waals surface area contributed by atoms with Gasteiger partial charge < -0.3 is 0 Å². The molecule has 4 aromatic rings. The number of H-pyrrole nitrogens is 1. The van der Waals surface area contributed by atoms with Gasteiger partial charge in [0.1, 0.15) is 11.5 Å². The normalized spacial score (nSPS) is 11.6. The Morgan fingerprint density at radius 2 is 1.93 bits per heavy atom. The van der Waals surface area contributed by atoms with E-state index in [-0.39, 0.29) is 24.0 Å². The third-order valence-corrected chi connectivity index (χ3v) is 4.23. The fourth-order valence-electron chi connectivity index (χ4n) is 3.02. The van der Waals surface area contributed by atoms with Gasteiger partial charge in [0, 0.05) is 18.3 Å². The maximum absolute atomic E-state index is 14.1. The summed E-state index contributed by atoms with van der Waals surface area (Å²) in [5.41, 5.74) is 1.36. The van der Waals surface area contributed by atoms with Crippen molar-refractivity contribution in [3.63, 3.8) is 0 Å². The minimum absolute atomic E-state index is 0.233. The predicted molar refractivity (Wildman–Crippen MR) is 99.7 cm³/mol. The molecule has 138 valence electrons. The number of hydrogen-bond acceptors (Lipinski definition) is 4. The maximum Gasteiger partial charge on any atom is 0.343 e. The summed E-state index contributed by atoms with van der Waals surface area (Å²) < 4.78 is 17.1. The lowest BCUT2D eigenvalue weighted by molar-refractivity contribution is 0.471.